The molecule has 3 aromatic carbocycles. The Kier molecular flexibility index (Phi) is 4.70. The first kappa shape index (κ1) is 19.3. The normalized spacial score (nSPS) is 15.7. The van der Waals surface area contributed by atoms with Gasteiger partial charge in [0.1, 0.15) is 5.75 Å². The molecule has 5 rings (SSSR count). The molecule has 4 nitrogen and oxygen atoms in total. The van der Waals surface area contributed by atoms with E-state index in [1.165, 1.54) is 5.56 Å². The van der Waals surface area contributed by atoms with E-state index in [4.69, 9.17) is 4.74 Å². The summed E-state index contributed by atoms with van der Waals surface area (Å²) in [7, 11) is 0. The van der Waals surface area contributed by atoms with E-state index in [-0.39, 0.29) is 23.9 Å². The second-order valence-corrected chi connectivity index (χ2v) is 8.29. The van der Waals surface area contributed by atoms with Crippen LogP contribution >= 0.6 is 0 Å². The van der Waals surface area contributed by atoms with Gasteiger partial charge in [-0.25, -0.2) is 0 Å². The van der Waals surface area contributed by atoms with Gasteiger partial charge in [-0.2, -0.15) is 0 Å². The average Bonchev–Trinajstić information content (AvgIpc) is 2.79. The molecule has 0 fully saturated rings. The van der Waals surface area contributed by atoms with Gasteiger partial charge in [-0.1, -0.05) is 68.4 Å². The van der Waals surface area contributed by atoms with Gasteiger partial charge < -0.3 is 4.74 Å². The molecule has 1 atom stereocenters. The summed E-state index contributed by atoms with van der Waals surface area (Å²) >= 11 is 0. The zero-order valence-electron chi connectivity index (χ0n) is 17.5. The molecule has 0 N–H and O–H groups in total. The van der Waals surface area contributed by atoms with Crippen LogP contribution in [0, 0.1) is 0 Å². The number of hydrogen-bond acceptors (Lipinski definition) is 3. The van der Waals surface area contributed by atoms with Gasteiger partial charge in [-0.05, 0) is 41.3 Å². The van der Waals surface area contributed by atoms with Crippen LogP contribution in [-0.4, -0.2) is 10.5 Å². The van der Waals surface area contributed by atoms with Crippen molar-refractivity contribution in [1.29, 1.82) is 0 Å². The van der Waals surface area contributed by atoms with E-state index >= 15 is 0 Å². The average molecular weight is 409 g/mol. The minimum Gasteiger partial charge on any atom is -0.425 e. The summed E-state index contributed by atoms with van der Waals surface area (Å²) in [6.45, 7) is 4.29. The van der Waals surface area contributed by atoms with Crippen LogP contribution in [0.4, 0.5) is 0 Å². The second kappa shape index (κ2) is 7.55. The maximum absolute atomic E-state index is 13.9. The third-order valence-corrected chi connectivity index (χ3v) is 6.02. The van der Waals surface area contributed by atoms with E-state index in [1.54, 1.807) is 4.57 Å². The summed E-state index contributed by atoms with van der Waals surface area (Å²) in [5.41, 5.74) is 4.08. The summed E-state index contributed by atoms with van der Waals surface area (Å²) in [6.07, 6.45) is 0.149. The molecule has 1 unspecified atom stereocenters. The fourth-order valence-electron chi connectivity index (χ4n) is 4.41. The highest BCUT2D eigenvalue weighted by Crippen LogP contribution is 2.41. The van der Waals surface area contributed by atoms with Crippen molar-refractivity contribution < 1.29 is 9.53 Å². The molecule has 1 aromatic heterocycles. The van der Waals surface area contributed by atoms with Crippen molar-refractivity contribution in [3.63, 3.8) is 0 Å². The number of aromatic nitrogens is 1. The lowest BCUT2D eigenvalue weighted by molar-refractivity contribution is -0.135. The Morgan fingerprint density at radius 2 is 1.55 bits per heavy atom. The Morgan fingerprint density at radius 1 is 0.871 bits per heavy atom. The predicted molar refractivity (Wildman–Crippen MR) is 122 cm³/mol. The zero-order chi connectivity index (χ0) is 21.5. The molecular formula is C27H23NO3. The molecule has 4 heteroatoms. The Hall–Kier alpha value is -3.66. The molecule has 0 saturated carbocycles. The van der Waals surface area contributed by atoms with Gasteiger partial charge in [0.25, 0.3) is 5.56 Å². The van der Waals surface area contributed by atoms with Crippen molar-refractivity contribution in [1.82, 2.24) is 4.57 Å². The SMILES string of the molecule is CC(C)c1ccc(C2CC(=O)Oc3c2c(=O)n(-c2ccccc2)c2ccccc32)cc1. The summed E-state index contributed by atoms with van der Waals surface area (Å²) in [6, 6.07) is 25.4. The van der Waals surface area contributed by atoms with E-state index < -0.39 is 0 Å². The molecule has 154 valence electrons. The monoisotopic (exact) mass is 409 g/mol. The van der Waals surface area contributed by atoms with Crippen LogP contribution in [0.3, 0.4) is 0 Å². The van der Waals surface area contributed by atoms with Crippen LogP contribution in [-0.2, 0) is 4.79 Å². The molecule has 0 amide bonds. The minimum absolute atomic E-state index is 0.148. The number of carbonyl (C=O) groups excluding carboxylic acids is 1. The largest absolute Gasteiger partial charge is 0.425 e. The van der Waals surface area contributed by atoms with E-state index in [1.807, 2.05) is 66.7 Å². The number of rotatable bonds is 3. The quantitative estimate of drug-likeness (QED) is 0.417. The number of carbonyl (C=O) groups is 1. The van der Waals surface area contributed by atoms with Crippen LogP contribution in [0.2, 0.25) is 0 Å². The topological polar surface area (TPSA) is 48.3 Å². The first-order chi connectivity index (χ1) is 15.0. The number of fused-ring (bicyclic) bond motifs is 3. The highest BCUT2D eigenvalue weighted by atomic mass is 16.5. The first-order valence-corrected chi connectivity index (χ1v) is 10.6. The molecular weight excluding hydrogens is 386 g/mol. The van der Waals surface area contributed by atoms with Crippen molar-refractivity contribution in [2.75, 3.05) is 0 Å². The lowest BCUT2D eigenvalue weighted by Gasteiger charge is -2.27. The van der Waals surface area contributed by atoms with E-state index in [9.17, 15) is 9.59 Å². The molecule has 0 spiro atoms. The van der Waals surface area contributed by atoms with Crippen molar-refractivity contribution in [2.24, 2.45) is 0 Å². The van der Waals surface area contributed by atoms with E-state index in [2.05, 4.69) is 26.0 Å². The highest BCUT2D eigenvalue weighted by molar-refractivity contribution is 5.92. The number of pyridine rings is 1. The maximum atomic E-state index is 13.9. The van der Waals surface area contributed by atoms with Gasteiger partial charge in [0, 0.05) is 17.0 Å². The fourth-order valence-corrected chi connectivity index (χ4v) is 4.41. The predicted octanol–water partition coefficient (Wildman–Crippen LogP) is 5.56. The molecule has 1 aliphatic rings. The lowest BCUT2D eigenvalue weighted by Crippen LogP contribution is -2.32. The van der Waals surface area contributed by atoms with Crippen LogP contribution in [0.1, 0.15) is 48.8 Å². The first-order valence-electron chi connectivity index (χ1n) is 10.6. The number of esters is 1. The Labute approximate surface area is 180 Å². The van der Waals surface area contributed by atoms with Gasteiger partial charge in [-0.15, -0.1) is 0 Å². The van der Waals surface area contributed by atoms with E-state index in [0.29, 0.717) is 17.2 Å². The standard InChI is InChI=1S/C27H23NO3/c1-17(2)18-12-14-19(15-13-18)22-16-24(29)31-26-21-10-6-7-11-23(21)28(27(30)25(22)26)20-8-4-3-5-9-20/h3-15,17,22H,16H2,1-2H3. The molecule has 2 heterocycles. The molecule has 0 aliphatic carbocycles. The minimum atomic E-state index is -0.343. The molecule has 0 bridgehead atoms. The summed E-state index contributed by atoms with van der Waals surface area (Å²) in [5.74, 6) is 0.149. The van der Waals surface area contributed by atoms with Gasteiger partial charge >= 0.3 is 5.97 Å². The number of hydrogen-bond donors (Lipinski definition) is 0. The van der Waals surface area contributed by atoms with Gasteiger partial charge in [0.15, 0.2) is 0 Å². The number of para-hydroxylation sites is 2. The smallest absolute Gasteiger partial charge is 0.312 e. The fraction of sp³-hybridized carbons (Fsp3) is 0.185. The Bertz CT molecular complexity index is 1340. The molecule has 0 radical (unpaired) electrons. The van der Waals surface area contributed by atoms with Crippen LogP contribution in [0.25, 0.3) is 16.6 Å². The summed E-state index contributed by atoms with van der Waals surface area (Å²) in [5, 5.41) is 0.762. The summed E-state index contributed by atoms with van der Waals surface area (Å²) < 4.78 is 7.40. The zero-order valence-corrected chi connectivity index (χ0v) is 17.5. The Balaban J connectivity index is 1.80. The molecule has 1 aliphatic heterocycles. The summed E-state index contributed by atoms with van der Waals surface area (Å²) in [4.78, 5) is 26.4. The number of nitrogens with zero attached hydrogens (tertiary/aromatic N) is 1. The number of benzene rings is 3. The van der Waals surface area contributed by atoms with Crippen molar-refractivity contribution in [2.45, 2.75) is 32.1 Å². The van der Waals surface area contributed by atoms with E-state index in [0.717, 1.165) is 22.2 Å². The molecule has 0 saturated heterocycles. The maximum Gasteiger partial charge on any atom is 0.312 e. The van der Waals surface area contributed by atoms with Crippen molar-refractivity contribution in [3.8, 4) is 11.4 Å². The molecule has 31 heavy (non-hydrogen) atoms. The third kappa shape index (κ3) is 3.25. The van der Waals surface area contributed by atoms with Gasteiger partial charge in [-0.3, -0.25) is 14.2 Å². The lowest BCUT2D eigenvalue weighted by atomic mass is 9.85. The van der Waals surface area contributed by atoms with Crippen molar-refractivity contribution >= 4 is 16.9 Å². The van der Waals surface area contributed by atoms with Crippen LogP contribution in [0.15, 0.2) is 83.7 Å². The molecule has 4 aromatic rings. The van der Waals surface area contributed by atoms with Crippen LogP contribution in [0.5, 0.6) is 5.75 Å². The Morgan fingerprint density at radius 3 is 2.26 bits per heavy atom. The third-order valence-electron chi connectivity index (χ3n) is 6.02. The number of ether oxygens (including phenoxy) is 1. The van der Waals surface area contributed by atoms with Crippen LogP contribution < -0.4 is 10.3 Å². The highest BCUT2D eigenvalue weighted by Gasteiger charge is 2.34. The second-order valence-electron chi connectivity index (χ2n) is 8.29. The van der Waals surface area contributed by atoms with Gasteiger partial charge in [0.2, 0.25) is 0 Å². The van der Waals surface area contributed by atoms with Crippen molar-refractivity contribution in [3.05, 3.63) is 106 Å². The van der Waals surface area contributed by atoms with Gasteiger partial charge in [0.05, 0.1) is 17.5 Å².